The molecular formula is C19H20N2. The summed E-state index contributed by atoms with van der Waals surface area (Å²) in [6.07, 6.45) is 1.84. The van der Waals surface area contributed by atoms with Gasteiger partial charge in [-0.2, -0.15) is 0 Å². The van der Waals surface area contributed by atoms with Crippen LogP contribution in [0.25, 0.3) is 10.8 Å². The van der Waals surface area contributed by atoms with Crippen molar-refractivity contribution in [1.29, 1.82) is 0 Å². The Hall–Kier alpha value is -2.19. The Morgan fingerprint density at radius 2 is 1.57 bits per heavy atom. The largest absolute Gasteiger partial charge is 0.302 e. The van der Waals surface area contributed by atoms with Gasteiger partial charge in [-0.3, -0.25) is 4.98 Å². The molecule has 2 nitrogen and oxygen atoms in total. The Morgan fingerprint density at radius 1 is 0.810 bits per heavy atom. The van der Waals surface area contributed by atoms with Crippen molar-refractivity contribution in [3.63, 3.8) is 0 Å². The Balaban J connectivity index is 1.86. The van der Waals surface area contributed by atoms with Crippen LogP contribution in [-0.4, -0.2) is 4.98 Å². The van der Waals surface area contributed by atoms with Crippen molar-refractivity contribution >= 4 is 10.8 Å². The molecule has 2 atom stereocenters. The van der Waals surface area contributed by atoms with E-state index in [2.05, 4.69) is 72.7 Å². The Bertz CT molecular complexity index is 716. The van der Waals surface area contributed by atoms with Crippen LogP contribution in [0.4, 0.5) is 0 Å². The molecule has 0 saturated heterocycles. The van der Waals surface area contributed by atoms with Crippen molar-refractivity contribution in [1.82, 2.24) is 10.3 Å². The number of benzene rings is 2. The lowest BCUT2D eigenvalue weighted by Gasteiger charge is -2.21. The summed E-state index contributed by atoms with van der Waals surface area (Å²) < 4.78 is 0. The van der Waals surface area contributed by atoms with E-state index in [-0.39, 0.29) is 12.1 Å². The van der Waals surface area contributed by atoms with E-state index in [1.54, 1.807) is 0 Å². The molecule has 0 unspecified atom stereocenters. The lowest BCUT2D eigenvalue weighted by atomic mass is 9.99. The SMILES string of the molecule is C[C@@H](N[C@H](C)c1cccc2ccccc12)c1ccccn1. The summed E-state index contributed by atoms with van der Waals surface area (Å²) in [5, 5.41) is 6.24. The Kier molecular flexibility index (Phi) is 3.98. The molecular weight excluding hydrogens is 256 g/mol. The van der Waals surface area contributed by atoms with Gasteiger partial charge in [0.15, 0.2) is 0 Å². The van der Waals surface area contributed by atoms with Gasteiger partial charge < -0.3 is 5.32 Å². The van der Waals surface area contributed by atoms with Gasteiger partial charge in [-0.05, 0) is 42.3 Å². The number of pyridine rings is 1. The van der Waals surface area contributed by atoms with Crippen LogP contribution in [0.1, 0.15) is 37.2 Å². The maximum Gasteiger partial charge on any atom is 0.0570 e. The van der Waals surface area contributed by atoms with Crippen LogP contribution in [0, 0.1) is 0 Å². The van der Waals surface area contributed by atoms with E-state index in [1.165, 1.54) is 16.3 Å². The third-order valence-corrected chi connectivity index (χ3v) is 3.92. The zero-order chi connectivity index (χ0) is 14.7. The highest BCUT2D eigenvalue weighted by Gasteiger charge is 2.13. The molecule has 0 fully saturated rings. The molecule has 0 amide bonds. The number of hydrogen-bond acceptors (Lipinski definition) is 2. The van der Waals surface area contributed by atoms with E-state index in [0.29, 0.717) is 0 Å². The van der Waals surface area contributed by atoms with Crippen molar-refractivity contribution in [3.05, 3.63) is 78.1 Å². The topological polar surface area (TPSA) is 24.9 Å². The van der Waals surface area contributed by atoms with Crippen molar-refractivity contribution in [3.8, 4) is 0 Å². The highest BCUT2D eigenvalue weighted by atomic mass is 15.0. The molecule has 21 heavy (non-hydrogen) atoms. The van der Waals surface area contributed by atoms with E-state index in [0.717, 1.165) is 5.69 Å². The van der Waals surface area contributed by atoms with Gasteiger partial charge >= 0.3 is 0 Å². The first-order valence-electron chi connectivity index (χ1n) is 7.40. The first-order chi connectivity index (χ1) is 10.3. The van der Waals surface area contributed by atoms with Gasteiger partial charge in [0, 0.05) is 18.3 Å². The first-order valence-corrected chi connectivity index (χ1v) is 7.40. The quantitative estimate of drug-likeness (QED) is 0.750. The molecule has 2 aromatic carbocycles. The maximum absolute atomic E-state index is 4.43. The molecule has 0 aliphatic carbocycles. The average molecular weight is 276 g/mol. The summed E-state index contributed by atoms with van der Waals surface area (Å²) in [6.45, 7) is 4.37. The van der Waals surface area contributed by atoms with Crippen molar-refractivity contribution in [2.24, 2.45) is 0 Å². The summed E-state index contributed by atoms with van der Waals surface area (Å²) in [5.41, 5.74) is 2.40. The van der Waals surface area contributed by atoms with E-state index in [4.69, 9.17) is 0 Å². The van der Waals surface area contributed by atoms with Gasteiger partial charge in [0.05, 0.1) is 5.69 Å². The van der Waals surface area contributed by atoms with Crippen molar-refractivity contribution in [2.75, 3.05) is 0 Å². The van der Waals surface area contributed by atoms with Crippen molar-refractivity contribution < 1.29 is 0 Å². The molecule has 1 aromatic heterocycles. The molecule has 3 aromatic rings. The highest BCUT2D eigenvalue weighted by Crippen LogP contribution is 2.25. The highest BCUT2D eigenvalue weighted by molar-refractivity contribution is 5.86. The smallest absolute Gasteiger partial charge is 0.0570 e. The number of nitrogens with zero attached hydrogens (tertiary/aromatic N) is 1. The monoisotopic (exact) mass is 276 g/mol. The van der Waals surface area contributed by atoms with Gasteiger partial charge in [0.2, 0.25) is 0 Å². The van der Waals surface area contributed by atoms with Crippen LogP contribution in [0.3, 0.4) is 0 Å². The zero-order valence-electron chi connectivity index (χ0n) is 12.5. The minimum Gasteiger partial charge on any atom is -0.302 e. The van der Waals surface area contributed by atoms with Gasteiger partial charge in [0.25, 0.3) is 0 Å². The van der Waals surface area contributed by atoms with E-state index in [1.807, 2.05) is 18.3 Å². The fourth-order valence-electron chi connectivity index (χ4n) is 2.81. The first kappa shape index (κ1) is 13.8. The Morgan fingerprint density at radius 3 is 2.38 bits per heavy atom. The van der Waals surface area contributed by atoms with Crippen LogP contribution < -0.4 is 5.32 Å². The van der Waals surface area contributed by atoms with Crippen LogP contribution in [-0.2, 0) is 0 Å². The number of rotatable bonds is 4. The molecule has 0 saturated carbocycles. The van der Waals surface area contributed by atoms with Crippen LogP contribution >= 0.6 is 0 Å². The second-order valence-electron chi connectivity index (χ2n) is 5.43. The number of fused-ring (bicyclic) bond motifs is 1. The molecule has 0 spiro atoms. The molecule has 1 heterocycles. The van der Waals surface area contributed by atoms with Gasteiger partial charge in [-0.15, -0.1) is 0 Å². The zero-order valence-corrected chi connectivity index (χ0v) is 12.5. The molecule has 0 bridgehead atoms. The number of nitrogens with one attached hydrogen (secondary N) is 1. The minimum absolute atomic E-state index is 0.222. The fourth-order valence-corrected chi connectivity index (χ4v) is 2.81. The van der Waals surface area contributed by atoms with Gasteiger partial charge in [-0.1, -0.05) is 48.5 Å². The van der Waals surface area contributed by atoms with Gasteiger partial charge in [0.1, 0.15) is 0 Å². The second kappa shape index (κ2) is 6.06. The molecule has 0 radical (unpaired) electrons. The predicted molar refractivity (Wildman–Crippen MR) is 88.2 cm³/mol. The van der Waals surface area contributed by atoms with Gasteiger partial charge in [-0.25, -0.2) is 0 Å². The molecule has 2 heteroatoms. The van der Waals surface area contributed by atoms with E-state index >= 15 is 0 Å². The second-order valence-corrected chi connectivity index (χ2v) is 5.43. The molecule has 0 aliphatic rings. The summed E-state index contributed by atoms with van der Waals surface area (Å²) in [4.78, 5) is 4.43. The minimum atomic E-state index is 0.222. The maximum atomic E-state index is 4.43. The molecule has 3 rings (SSSR count). The molecule has 106 valence electrons. The van der Waals surface area contributed by atoms with E-state index < -0.39 is 0 Å². The normalized spacial score (nSPS) is 14.0. The summed E-state index contributed by atoms with van der Waals surface area (Å²) in [7, 11) is 0. The number of aromatic nitrogens is 1. The number of hydrogen-bond donors (Lipinski definition) is 1. The summed E-state index contributed by atoms with van der Waals surface area (Å²) in [6, 6.07) is 21.6. The van der Waals surface area contributed by atoms with Crippen LogP contribution in [0.15, 0.2) is 66.9 Å². The predicted octanol–water partition coefficient (Wildman–Crippen LogP) is 4.65. The lowest BCUT2D eigenvalue weighted by molar-refractivity contribution is 0.488. The average Bonchev–Trinajstić information content (AvgIpc) is 2.55. The van der Waals surface area contributed by atoms with Crippen LogP contribution in [0.2, 0.25) is 0 Å². The third-order valence-electron chi connectivity index (χ3n) is 3.92. The van der Waals surface area contributed by atoms with Crippen LogP contribution in [0.5, 0.6) is 0 Å². The summed E-state index contributed by atoms with van der Waals surface area (Å²) in [5.74, 6) is 0. The standard InChI is InChI=1S/C19H20N2/c1-14(21-15(2)19-12-5-6-13-20-19)17-11-7-9-16-8-3-4-10-18(16)17/h3-15,21H,1-2H3/t14-,15-/m1/s1. The molecule has 0 aliphatic heterocycles. The Labute approximate surface area is 125 Å². The lowest BCUT2D eigenvalue weighted by Crippen LogP contribution is -2.23. The fraction of sp³-hybridized carbons (Fsp3) is 0.211. The summed E-state index contributed by atoms with van der Waals surface area (Å²) >= 11 is 0. The third kappa shape index (κ3) is 2.96. The molecule has 1 N–H and O–H groups in total. The van der Waals surface area contributed by atoms with E-state index in [9.17, 15) is 0 Å². The van der Waals surface area contributed by atoms with Crippen molar-refractivity contribution in [2.45, 2.75) is 25.9 Å².